The maximum Gasteiger partial charge on any atom is 0.266 e. The van der Waals surface area contributed by atoms with Crippen molar-refractivity contribution < 1.29 is 4.79 Å². The Morgan fingerprint density at radius 2 is 1.96 bits per heavy atom. The van der Waals surface area contributed by atoms with Crippen molar-refractivity contribution in [3.05, 3.63) is 47.0 Å². The lowest BCUT2D eigenvalue weighted by atomic mass is 9.96. The summed E-state index contributed by atoms with van der Waals surface area (Å²) in [6.45, 7) is 2.03. The predicted octanol–water partition coefficient (Wildman–Crippen LogP) is 1.95. The van der Waals surface area contributed by atoms with Crippen molar-refractivity contribution in [1.29, 1.82) is 0 Å². The minimum absolute atomic E-state index is 0.104. The normalized spacial score (nSPS) is 18.3. The van der Waals surface area contributed by atoms with Crippen molar-refractivity contribution in [1.82, 2.24) is 19.7 Å². The lowest BCUT2D eigenvalue weighted by Crippen LogP contribution is -2.53. The molecule has 1 aliphatic heterocycles. The van der Waals surface area contributed by atoms with Crippen LogP contribution in [0, 0.1) is 11.8 Å². The fourth-order valence-corrected chi connectivity index (χ4v) is 3.79. The molecule has 2 aliphatic rings. The van der Waals surface area contributed by atoms with Crippen LogP contribution >= 0.6 is 0 Å². The second-order valence-electron chi connectivity index (χ2n) is 7.07. The Morgan fingerprint density at radius 3 is 2.68 bits per heavy atom. The highest BCUT2D eigenvalue weighted by Crippen LogP contribution is 2.29. The molecule has 0 atom stereocenters. The summed E-state index contributed by atoms with van der Waals surface area (Å²) >= 11 is 0. The Balaban J connectivity index is 1.40. The maximum absolute atomic E-state index is 12.4. The molecular weight excluding hydrogens is 316 g/mol. The quantitative estimate of drug-likeness (QED) is 0.854. The topological polar surface area (TPSA) is 68.1 Å². The van der Waals surface area contributed by atoms with Crippen molar-refractivity contribution in [3.8, 4) is 11.3 Å². The lowest BCUT2D eigenvalue weighted by molar-refractivity contribution is -0.142. The number of pyridine rings is 1. The minimum atomic E-state index is -0.104. The van der Waals surface area contributed by atoms with Crippen LogP contribution in [0.15, 0.2) is 41.5 Å². The molecule has 1 amide bonds. The van der Waals surface area contributed by atoms with E-state index in [1.807, 2.05) is 17.0 Å². The zero-order valence-corrected chi connectivity index (χ0v) is 14.2. The van der Waals surface area contributed by atoms with E-state index < -0.39 is 0 Å². The molecule has 0 spiro atoms. The van der Waals surface area contributed by atoms with Gasteiger partial charge in [-0.25, -0.2) is 4.68 Å². The molecule has 1 saturated heterocycles. The van der Waals surface area contributed by atoms with Crippen LogP contribution < -0.4 is 5.56 Å². The lowest BCUT2D eigenvalue weighted by Gasteiger charge is -2.40. The standard InChI is InChI=1S/C19H22N4O2/c24-18-8-7-17(16-6-3-9-20-10-16)21-23(18)13-14-11-22(12-14)19(25)15-4-1-2-5-15/h3,6-10,14-15H,1-2,4-5,11-13H2. The summed E-state index contributed by atoms with van der Waals surface area (Å²) in [4.78, 5) is 30.5. The number of aromatic nitrogens is 3. The summed E-state index contributed by atoms with van der Waals surface area (Å²) < 4.78 is 1.52. The molecular formula is C19H22N4O2. The van der Waals surface area contributed by atoms with Crippen LogP contribution in [0.5, 0.6) is 0 Å². The van der Waals surface area contributed by atoms with Gasteiger partial charge in [0.05, 0.1) is 12.2 Å². The third-order valence-electron chi connectivity index (χ3n) is 5.23. The van der Waals surface area contributed by atoms with E-state index >= 15 is 0 Å². The molecule has 2 aromatic rings. The largest absolute Gasteiger partial charge is 0.342 e. The fraction of sp³-hybridized carbons (Fsp3) is 0.474. The Morgan fingerprint density at radius 1 is 1.16 bits per heavy atom. The summed E-state index contributed by atoms with van der Waals surface area (Å²) in [6, 6.07) is 7.06. The number of amides is 1. The molecule has 0 aromatic carbocycles. The Bertz CT molecular complexity index is 806. The molecule has 0 radical (unpaired) electrons. The van der Waals surface area contributed by atoms with Crippen LogP contribution in [0.2, 0.25) is 0 Å². The van der Waals surface area contributed by atoms with E-state index in [-0.39, 0.29) is 11.5 Å². The molecule has 2 aromatic heterocycles. The van der Waals surface area contributed by atoms with Gasteiger partial charge < -0.3 is 4.90 Å². The van der Waals surface area contributed by atoms with Gasteiger partial charge in [0, 0.05) is 48.9 Å². The number of hydrogen-bond acceptors (Lipinski definition) is 4. The van der Waals surface area contributed by atoms with E-state index in [4.69, 9.17) is 0 Å². The summed E-state index contributed by atoms with van der Waals surface area (Å²) in [7, 11) is 0. The van der Waals surface area contributed by atoms with E-state index in [0.29, 0.717) is 18.4 Å². The van der Waals surface area contributed by atoms with E-state index in [0.717, 1.165) is 37.2 Å². The van der Waals surface area contributed by atoms with Crippen molar-refractivity contribution in [2.24, 2.45) is 11.8 Å². The molecule has 0 unspecified atom stereocenters. The second-order valence-corrected chi connectivity index (χ2v) is 7.07. The summed E-state index contributed by atoms with van der Waals surface area (Å²) in [6.07, 6.45) is 7.87. The van der Waals surface area contributed by atoms with Crippen LogP contribution in [0.3, 0.4) is 0 Å². The predicted molar refractivity (Wildman–Crippen MR) is 93.8 cm³/mol. The van der Waals surface area contributed by atoms with Crippen LogP contribution in [0.4, 0.5) is 0 Å². The minimum Gasteiger partial charge on any atom is -0.342 e. The smallest absolute Gasteiger partial charge is 0.266 e. The first-order valence-electron chi connectivity index (χ1n) is 8.98. The van der Waals surface area contributed by atoms with Crippen LogP contribution in [-0.2, 0) is 11.3 Å². The molecule has 3 heterocycles. The van der Waals surface area contributed by atoms with Crippen LogP contribution in [-0.4, -0.2) is 38.7 Å². The van der Waals surface area contributed by atoms with Gasteiger partial charge in [-0.1, -0.05) is 12.8 Å². The highest BCUT2D eigenvalue weighted by molar-refractivity contribution is 5.79. The number of hydrogen-bond donors (Lipinski definition) is 0. The van der Waals surface area contributed by atoms with Gasteiger partial charge >= 0.3 is 0 Å². The van der Waals surface area contributed by atoms with E-state index in [2.05, 4.69) is 10.1 Å². The molecule has 1 aliphatic carbocycles. The Labute approximate surface area is 146 Å². The summed E-state index contributed by atoms with van der Waals surface area (Å²) in [5.74, 6) is 0.841. The fourth-order valence-electron chi connectivity index (χ4n) is 3.79. The molecule has 25 heavy (non-hydrogen) atoms. The highest BCUT2D eigenvalue weighted by atomic mass is 16.2. The number of rotatable bonds is 4. The molecule has 2 fully saturated rings. The highest BCUT2D eigenvalue weighted by Gasteiger charge is 2.35. The van der Waals surface area contributed by atoms with Gasteiger partial charge in [-0.2, -0.15) is 5.10 Å². The van der Waals surface area contributed by atoms with E-state index in [1.54, 1.807) is 24.5 Å². The third kappa shape index (κ3) is 3.34. The second kappa shape index (κ2) is 6.78. The molecule has 6 heteroatoms. The van der Waals surface area contributed by atoms with Gasteiger partial charge in [-0.05, 0) is 31.0 Å². The first-order chi connectivity index (χ1) is 12.2. The first kappa shape index (κ1) is 16.0. The van der Waals surface area contributed by atoms with E-state index in [1.165, 1.54) is 17.5 Å². The number of carbonyl (C=O) groups is 1. The van der Waals surface area contributed by atoms with Gasteiger partial charge in [0.2, 0.25) is 5.91 Å². The maximum atomic E-state index is 12.4. The molecule has 4 rings (SSSR count). The van der Waals surface area contributed by atoms with Gasteiger partial charge in [0.25, 0.3) is 5.56 Å². The zero-order valence-electron chi connectivity index (χ0n) is 14.2. The average Bonchev–Trinajstić information content (AvgIpc) is 3.14. The van der Waals surface area contributed by atoms with Crippen molar-refractivity contribution in [3.63, 3.8) is 0 Å². The molecule has 6 nitrogen and oxygen atoms in total. The van der Waals surface area contributed by atoms with Gasteiger partial charge in [-0.15, -0.1) is 0 Å². The molecule has 0 N–H and O–H groups in total. The molecule has 0 bridgehead atoms. The molecule has 1 saturated carbocycles. The summed E-state index contributed by atoms with van der Waals surface area (Å²) in [5.41, 5.74) is 1.53. The Hall–Kier alpha value is -2.50. The number of carbonyl (C=O) groups excluding carboxylic acids is 1. The van der Waals surface area contributed by atoms with Crippen molar-refractivity contribution >= 4 is 5.91 Å². The van der Waals surface area contributed by atoms with Crippen LogP contribution in [0.1, 0.15) is 25.7 Å². The zero-order chi connectivity index (χ0) is 17.2. The van der Waals surface area contributed by atoms with Gasteiger partial charge in [-0.3, -0.25) is 14.6 Å². The van der Waals surface area contributed by atoms with Gasteiger partial charge in [0.15, 0.2) is 0 Å². The van der Waals surface area contributed by atoms with Crippen molar-refractivity contribution in [2.75, 3.05) is 13.1 Å². The monoisotopic (exact) mass is 338 g/mol. The first-order valence-corrected chi connectivity index (χ1v) is 8.98. The SMILES string of the molecule is O=C(C1CCCC1)N1CC(Cn2nc(-c3cccnc3)ccc2=O)C1. The van der Waals surface area contributed by atoms with Crippen LogP contribution in [0.25, 0.3) is 11.3 Å². The summed E-state index contributed by atoms with van der Waals surface area (Å²) in [5, 5.41) is 4.47. The van der Waals surface area contributed by atoms with Crippen molar-refractivity contribution in [2.45, 2.75) is 32.2 Å². The number of nitrogens with zero attached hydrogens (tertiary/aromatic N) is 4. The number of likely N-dealkylation sites (tertiary alicyclic amines) is 1. The van der Waals surface area contributed by atoms with E-state index in [9.17, 15) is 9.59 Å². The Kier molecular flexibility index (Phi) is 4.34. The average molecular weight is 338 g/mol. The third-order valence-corrected chi connectivity index (χ3v) is 5.23. The van der Waals surface area contributed by atoms with Gasteiger partial charge in [0.1, 0.15) is 0 Å². The molecule has 130 valence electrons.